The van der Waals surface area contributed by atoms with Crippen LogP contribution < -0.4 is 0 Å². The van der Waals surface area contributed by atoms with E-state index in [-0.39, 0.29) is 11.5 Å². The van der Waals surface area contributed by atoms with Gasteiger partial charge in [0.1, 0.15) is 11.5 Å². The van der Waals surface area contributed by atoms with Gasteiger partial charge in [-0.15, -0.1) is 0 Å². The average molecular weight is 683 g/mol. The van der Waals surface area contributed by atoms with Gasteiger partial charge in [-0.05, 0) is 70.8 Å². The fourth-order valence-corrected chi connectivity index (χ4v) is 8.61. The molecule has 0 saturated heterocycles. The highest BCUT2D eigenvalue weighted by Gasteiger charge is 2.39. The quantitative estimate of drug-likeness (QED) is 0.172. The molecule has 10 rings (SSSR count). The molecule has 0 fully saturated rings. The molecular weight excluding hydrogens is 649 g/mol. The van der Waals surface area contributed by atoms with E-state index in [4.69, 9.17) is 0 Å². The Kier molecular flexibility index (Phi) is 6.99. The lowest BCUT2D eigenvalue weighted by Crippen LogP contribution is -2.31. The molecule has 0 atom stereocenters. The summed E-state index contributed by atoms with van der Waals surface area (Å²) >= 11 is 0. The third kappa shape index (κ3) is 4.56. The van der Waals surface area contributed by atoms with Gasteiger partial charge in [-0.2, -0.15) is 0 Å². The summed E-state index contributed by atoms with van der Waals surface area (Å²) < 4.78 is 4.34. The molecule has 0 aliphatic rings. The molecule has 4 nitrogen and oxygen atoms in total. The van der Waals surface area contributed by atoms with E-state index in [0.717, 1.165) is 65.9 Å². The minimum absolute atomic E-state index is 0.187. The smallest absolute Gasteiger partial charge is 0.139 e. The van der Waals surface area contributed by atoms with Gasteiger partial charge >= 0.3 is 0 Å². The van der Waals surface area contributed by atoms with Crippen LogP contribution in [0.2, 0.25) is 0 Å². The van der Waals surface area contributed by atoms with Crippen molar-refractivity contribution >= 4 is 43.6 Å². The number of phenolic OH excluding ortho intramolecular Hbond substituents is 2. The molecule has 2 N–H and O–H groups in total. The van der Waals surface area contributed by atoms with Crippen molar-refractivity contribution in [3.05, 3.63) is 216 Å². The maximum Gasteiger partial charge on any atom is 0.139 e. The molecule has 0 aliphatic carbocycles. The van der Waals surface area contributed by atoms with Crippen LogP contribution in [0, 0.1) is 0 Å². The minimum Gasteiger partial charge on any atom is -0.506 e. The van der Waals surface area contributed by atoms with Crippen molar-refractivity contribution in [2.45, 2.75) is 5.41 Å². The first-order valence-electron chi connectivity index (χ1n) is 17.9. The molecular formula is C49H34N2O2. The Morgan fingerprint density at radius 1 is 0.302 bits per heavy atom. The molecule has 2 aromatic heterocycles. The fraction of sp³-hybridized carbons (Fsp3) is 0.0204. The number of benzene rings is 8. The number of phenols is 2. The molecule has 2 heterocycles. The van der Waals surface area contributed by atoms with Gasteiger partial charge in [0.2, 0.25) is 0 Å². The zero-order chi connectivity index (χ0) is 35.5. The van der Waals surface area contributed by atoms with Gasteiger partial charge in [-0.1, -0.05) is 146 Å². The van der Waals surface area contributed by atoms with Crippen LogP contribution in [-0.4, -0.2) is 19.3 Å². The molecule has 0 amide bonds. The van der Waals surface area contributed by atoms with Crippen LogP contribution >= 0.6 is 0 Å². The van der Waals surface area contributed by atoms with Crippen molar-refractivity contribution < 1.29 is 10.2 Å². The number of aromatic hydroxyl groups is 2. The highest BCUT2D eigenvalue weighted by atomic mass is 16.3. The molecule has 0 saturated carbocycles. The number of aromatic nitrogens is 2. The molecule has 0 bridgehead atoms. The zero-order valence-corrected chi connectivity index (χ0v) is 28.8. The maximum absolute atomic E-state index is 11.8. The van der Waals surface area contributed by atoms with Crippen LogP contribution in [-0.2, 0) is 5.41 Å². The SMILES string of the molecule is Oc1ccc(C(c2ccccc2)(c2ccccc2)c2ccc(O)c(-n3c4ccccc4c4ccccc43)c2)cc1-n1c2ccccc2c2ccccc21. The number of rotatable bonds is 6. The second-order valence-electron chi connectivity index (χ2n) is 13.6. The molecule has 0 unspecified atom stereocenters. The van der Waals surface area contributed by atoms with E-state index >= 15 is 0 Å². The second kappa shape index (κ2) is 12.0. The first-order chi connectivity index (χ1) is 26.1. The molecule has 8 aromatic carbocycles. The van der Waals surface area contributed by atoms with Crippen molar-refractivity contribution in [2.75, 3.05) is 0 Å². The van der Waals surface area contributed by atoms with E-state index in [1.807, 2.05) is 60.7 Å². The van der Waals surface area contributed by atoms with Crippen LogP contribution in [0.4, 0.5) is 0 Å². The largest absolute Gasteiger partial charge is 0.506 e. The normalized spacial score (nSPS) is 11.9. The highest BCUT2D eigenvalue weighted by Crippen LogP contribution is 2.49. The Hall–Kier alpha value is -7.04. The third-order valence-corrected chi connectivity index (χ3v) is 10.9. The van der Waals surface area contributed by atoms with Crippen molar-refractivity contribution in [1.29, 1.82) is 0 Å². The van der Waals surface area contributed by atoms with Crippen LogP contribution in [0.25, 0.3) is 55.0 Å². The Labute approximate surface area is 306 Å². The van der Waals surface area contributed by atoms with Gasteiger partial charge in [0, 0.05) is 21.5 Å². The van der Waals surface area contributed by atoms with E-state index in [0.29, 0.717) is 11.4 Å². The van der Waals surface area contributed by atoms with Gasteiger partial charge in [0.25, 0.3) is 0 Å². The van der Waals surface area contributed by atoms with Gasteiger partial charge in [0.05, 0.1) is 38.9 Å². The summed E-state index contributed by atoms with van der Waals surface area (Å²) in [6.45, 7) is 0. The molecule has 0 spiro atoms. The number of hydrogen-bond acceptors (Lipinski definition) is 2. The first-order valence-corrected chi connectivity index (χ1v) is 17.9. The summed E-state index contributed by atoms with van der Waals surface area (Å²) in [5.74, 6) is 0.374. The number of hydrogen-bond donors (Lipinski definition) is 2. The Balaban J connectivity index is 1.32. The molecule has 252 valence electrons. The number of fused-ring (bicyclic) bond motifs is 6. The lowest BCUT2D eigenvalue weighted by molar-refractivity contribution is 0.472. The summed E-state index contributed by atoms with van der Waals surface area (Å²) in [6, 6.07) is 66.5. The lowest BCUT2D eigenvalue weighted by atomic mass is 9.65. The molecule has 10 aromatic rings. The van der Waals surface area contributed by atoms with Gasteiger partial charge in [0.15, 0.2) is 0 Å². The fourth-order valence-electron chi connectivity index (χ4n) is 8.61. The third-order valence-electron chi connectivity index (χ3n) is 10.9. The second-order valence-corrected chi connectivity index (χ2v) is 13.6. The topological polar surface area (TPSA) is 50.3 Å². The summed E-state index contributed by atoms with van der Waals surface area (Å²) in [5, 5.41) is 28.0. The van der Waals surface area contributed by atoms with Crippen LogP contribution in [0.1, 0.15) is 22.3 Å². The van der Waals surface area contributed by atoms with Crippen LogP contribution in [0.5, 0.6) is 11.5 Å². The van der Waals surface area contributed by atoms with Crippen molar-refractivity contribution in [3.63, 3.8) is 0 Å². The lowest BCUT2D eigenvalue weighted by Gasteiger charge is -2.37. The van der Waals surface area contributed by atoms with E-state index in [9.17, 15) is 10.2 Å². The van der Waals surface area contributed by atoms with Gasteiger partial charge in [-0.25, -0.2) is 0 Å². The zero-order valence-electron chi connectivity index (χ0n) is 28.8. The van der Waals surface area contributed by atoms with Crippen molar-refractivity contribution in [1.82, 2.24) is 9.13 Å². The average Bonchev–Trinajstić information content (AvgIpc) is 3.73. The van der Waals surface area contributed by atoms with E-state index in [1.165, 1.54) is 0 Å². The molecule has 0 radical (unpaired) electrons. The van der Waals surface area contributed by atoms with Gasteiger partial charge < -0.3 is 19.3 Å². The summed E-state index contributed by atoms with van der Waals surface area (Å²) in [5.41, 5.74) is 8.67. The summed E-state index contributed by atoms with van der Waals surface area (Å²) in [6.07, 6.45) is 0. The summed E-state index contributed by atoms with van der Waals surface area (Å²) in [4.78, 5) is 0. The van der Waals surface area contributed by atoms with Crippen molar-refractivity contribution in [2.24, 2.45) is 0 Å². The summed E-state index contributed by atoms with van der Waals surface area (Å²) in [7, 11) is 0. The monoisotopic (exact) mass is 682 g/mol. The Morgan fingerprint density at radius 3 is 0.943 bits per heavy atom. The minimum atomic E-state index is -0.856. The standard InChI is InChI=1S/C49H34N2O2/c52-47-29-27-35(31-45(47)50-41-23-11-7-19-37(41)38-20-8-12-24-42(38)50)49(33-15-3-1-4-16-33,34-17-5-2-6-18-34)36-28-30-48(53)46(32-36)51-43-25-13-9-21-39(43)40-22-10-14-26-44(40)51/h1-32,52-53H. The van der Waals surface area contributed by atoms with Gasteiger partial charge in [-0.3, -0.25) is 0 Å². The molecule has 53 heavy (non-hydrogen) atoms. The maximum atomic E-state index is 11.8. The van der Waals surface area contributed by atoms with Crippen LogP contribution in [0.15, 0.2) is 194 Å². The first kappa shape index (κ1) is 30.8. The molecule has 0 aliphatic heterocycles. The van der Waals surface area contributed by atoms with E-state index in [2.05, 4.69) is 143 Å². The van der Waals surface area contributed by atoms with Crippen LogP contribution in [0.3, 0.4) is 0 Å². The Morgan fingerprint density at radius 2 is 0.604 bits per heavy atom. The number of nitrogens with zero attached hydrogens (tertiary/aromatic N) is 2. The van der Waals surface area contributed by atoms with E-state index < -0.39 is 5.41 Å². The Bertz CT molecular complexity index is 2660. The predicted octanol–water partition coefficient (Wildman–Crippen LogP) is 11.7. The number of para-hydroxylation sites is 4. The molecule has 4 heteroatoms. The van der Waals surface area contributed by atoms with Crippen molar-refractivity contribution in [3.8, 4) is 22.9 Å². The highest BCUT2D eigenvalue weighted by molar-refractivity contribution is 6.10. The predicted molar refractivity (Wildman–Crippen MR) is 217 cm³/mol. The van der Waals surface area contributed by atoms with E-state index in [1.54, 1.807) is 0 Å².